The molecule has 1 aromatic carbocycles. The van der Waals surface area contributed by atoms with Crippen molar-refractivity contribution in [3.63, 3.8) is 0 Å². The van der Waals surface area contributed by atoms with Crippen LogP contribution in [0.4, 0.5) is 0 Å². The van der Waals surface area contributed by atoms with E-state index in [0.29, 0.717) is 18.5 Å². The van der Waals surface area contributed by atoms with Crippen LogP contribution in [-0.4, -0.2) is 31.6 Å². The fourth-order valence-electron chi connectivity index (χ4n) is 2.80. The molecule has 0 heterocycles. The maximum absolute atomic E-state index is 5.89. The molecule has 1 unspecified atom stereocenters. The fourth-order valence-corrected chi connectivity index (χ4v) is 2.80. The first kappa shape index (κ1) is 16.0. The number of ether oxygens (including phenoxy) is 1. The summed E-state index contributed by atoms with van der Waals surface area (Å²) >= 11 is 0. The van der Waals surface area contributed by atoms with Gasteiger partial charge >= 0.3 is 0 Å². The van der Waals surface area contributed by atoms with Crippen molar-refractivity contribution >= 4 is 0 Å². The molecule has 0 aromatic heterocycles. The Morgan fingerprint density at radius 1 is 1.26 bits per heavy atom. The zero-order valence-electron chi connectivity index (χ0n) is 13.2. The molecule has 0 amide bonds. The van der Waals surface area contributed by atoms with Crippen molar-refractivity contribution in [1.29, 1.82) is 0 Å². The van der Waals surface area contributed by atoms with E-state index in [0.717, 1.165) is 12.3 Å². The van der Waals surface area contributed by atoms with Gasteiger partial charge in [0.15, 0.2) is 0 Å². The Kier molecular flexibility index (Phi) is 5.83. The second-order valence-electron chi connectivity index (χ2n) is 5.74. The van der Waals surface area contributed by atoms with Gasteiger partial charge < -0.3 is 10.5 Å². The van der Waals surface area contributed by atoms with E-state index in [2.05, 4.69) is 51.8 Å². The Hall–Kier alpha value is -1.06. The Labute approximate surface area is 117 Å². The molecule has 0 aliphatic heterocycles. The average molecular weight is 264 g/mol. The highest BCUT2D eigenvalue weighted by atomic mass is 16.5. The summed E-state index contributed by atoms with van der Waals surface area (Å²) < 4.78 is 5.55. The van der Waals surface area contributed by atoms with E-state index in [4.69, 9.17) is 10.5 Å². The van der Waals surface area contributed by atoms with Gasteiger partial charge in [0.2, 0.25) is 0 Å². The summed E-state index contributed by atoms with van der Waals surface area (Å²) in [7, 11) is 3.87. The first-order valence-corrected chi connectivity index (χ1v) is 6.95. The van der Waals surface area contributed by atoms with Gasteiger partial charge in [0.25, 0.3) is 0 Å². The number of likely N-dealkylation sites (N-methyl/N-ethyl adjacent to an activating group) is 1. The van der Waals surface area contributed by atoms with Crippen molar-refractivity contribution in [2.24, 2.45) is 11.7 Å². The molecule has 3 heteroatoms. The highest BCUT2D eigenvalue weighted by Gasteiger charge is 2.19. The van der Waals surface area contributed by atoms with Crippen molar-refractivity contribution in [1.82, 2.24) is 4.90 Å². The number of nitrogens with zero attached hydrogens (tertiary/aromatic N) is 1. The van der Waals surface area contributed by atoms with Crippen LogP contribution in [0.25, 0.3) is 0 Å². The quantitative estimate of drug-likeness (QED) is 0.858. The molecule has 0 aliphatic rings. The van der Waals surface area contributed by atoms with Crippen LogP contribution in [0, 0.1) is 19.8 Å². The summed E-state index contributed by atoms with van der Waals surface area (Å²) in [4.78, 5) is 2.32. The van der Waals surface area contributed by atoms with Crippen molar-refractivity contribution in [3.05, 3.63) is 28.8 Å². The van der Waals surface area contributed by atoms with Gasteiger partial charge in [-0.05, 0) is 32.4 Å². The lowest BCUT2D eigenvalue weighted by atomic mass is 10.0. The zero-order chi connectivity index (χ0) is 14.6. The van der Waals surface area contributed by atoms with Gasteiger partial charge in [-0.25, -0.2) is 0 Å². The lowest BCUT2D eigenvalue weighted by molar-refractivity contribution is 0.188. The monoisotopic (exact) mass is 264 g/mol. The van der Waals surface area contributed by atoms with Crippen LogP contribution < -0.4 is 10.5 Å². The number of benzene rings is 1. The Morgan fingerprint density at radius 2 is 1.89 bits per heavy atom. The van der Waals surface area contributed by atoms with E-state index in [1.807, 2.05) is 0 Å². The third kappa shape index (κ3) is 3.95. The topological polar surface area (TPSA) is 38.5 Å². The lowest BCUT2D eigenvalue weighted by Crippen LogP contribution is -2.41. The predicted octanol–water partition coefficient (Wildman–Crippen LogP) is 2.73. The third-order valence-corrected chi connectivity index (χ3v) is 3.70. The molecule has 0 radical (unpaired) electrons. The summed E-state index contributed by atoms with van der Waals surface area (Å²) in [5.41, 5.74) is 9.59. The maximum atomic E-state index is 5.89. The van der Waals surface area contributed by atoms with Crippen LogP contribution in [0.3, 0.4) is 0 Å². The number of nitrogens with two attached hydrogens (primary N) is 1. The number of hydrogen-bond acceptors (Lipinski definition) is 3. The normalized spacial score (nSPS) is 13.1. The third-order valence-electron chi connectivity index (χ3n) is 3.70. The summed E-state index contributed by atoms with van der Waals surface area (Å²) in [5, 5.41) is 0. The van der Waals surface area contributed by atoms with Crippen LogP contribution in [0.15, 0.2) is 12.1 Å². The summed E-state index contributed by atoms with van der Waals surface area (Å²) in [5.74, 6) is 1.55. The smallest absolute Gasteiger partial charge is 0.126 e. The molecule has 0 aliphatic carbocycles. The van der Waals surface area contributed by atoms with Crippen LogP contribution >= 0.6 is 0 Å². The molecule has 3 nitrogen and oxygen atoms in total. The van der Waals surface area contributed by atoms with Crippen LogP contribution in [0.1, 0.15) is 30.5 Å². The summed E-state index contributed by atoms with van der Waals surface area (Å²) in [6.45, 7) is 10.2. The molecule has 1 rings (SSSR count). The van der Waals surface area contributed by atoms with Gasteiger partial charge in [-0.1, -0.05) is 31.5 Å². The SMILES string of the molecule is COc1c(C)cc(C)cc1CN(C)C(CN)C(C)C. The van der Waals surface area contributed by atoms with Crippen molar-refractivity contribution in [2.45, 2.75) is 40.3 Å². The van der Waals surface area contributed by atoms with E-state index in [1.54, 1.807) is 7.11 Å². The first-order chi connectivity index (χ1) is 8.90. The first-order valence-electron chi connectivity index (χ1n) is 6.95. The second-order valence-corrected chi connectivity index (χ2v) is 5.74. The number of hydrogen-bond donors (Lipinski definition) is 1. The molecule has 1 aromatic rings. The molecule has 19 heavy (non-hydrogen) atoms. The van der Waals surface area contributed by atoms with Gasteiger partial charge in [0.05, 0.1) is 7.11 Å². The van der Waals surface area contributed by atoms with Gasteiger partial charge in [-0.15, -0.1) is 0 Å². The van der Waals surface area contributed by atoms with E-state index >= 15 is 0 Å². The van der Waals surface area contributed by atoms with Gasteiger partial charge in [-0.3, -0.25) is 4.90 Å². The molecular weight excluding hydrogens is 236 g/mol. The molecule has 0 fully saturated rings. The van der Waals surface area contributed by atoms with Crippen LogP contribution in [0.5, 0.6) is 5.75 Å². The minimum absolute atomic E-state index is 0.394. The standard InChI is InChI=1S/C16H28N2O/c1-11(2)15(9-17)18(5)10-14-8-12(3)7-13(4)16(14)19-6/h7-8,11,15H,9-10,17H2,1-6H3. The van der Waals surface area contributed by atoms with E-state index in [9.17, 15) is 0 Å². The molecule has 0 bridgehead atoms. The van der Waals surface area contributed by atoms with E-state index in [-0.39, 0.29) is 0 Å². The van der Waals surface area contributed by atoms with Crippen molar-refractivity contribution in [2.75, 3.05) is 20.7 Å². The molecular formula is C16H28N2O. The van der Waals surface area contributed by atoms with Gasteiger partial charge in [0, 0.05) is 24.7 Å². The Morgan fingerprint density at radius 3 is 2.37 bits per heavy atom. The minimum atomic E-state index is 0.394. The Balaban J connectivity index is 2.98. The average Bonchev–Trinajstić information content (AvgIpc) is 2.28. The zero-order valence-corrected chi connectivity index (χ0v) is 13.2. The summed E-state index contributed by atoms with van der Waals surface area (Å²) in [6, 6.07) is 4.76. The van der Waals surface area contributed by atoms with Gasteiger partial charge in [0.1, 0.15) is 5.75 Å². The number of methoxy groups -OCH3 is 1. The maximum Gasteiger partial charge on any atom is 0.126 e. The minimum Gasteiger partial charge on any atom is -0.496 e. The van der Waals surface area contributed by atoms with E-state index < -0.39 is 0 Å². The Bertz CT molecular complexity index is 415. The fraction of sp³-hybridized carbons (Fsp3) is 0.625. The molecule has 0 saturated heterocycles. The highest BCUT2D eigenvalue weighted by Crippen LogP contribution is 2.27. The molecule has 0 saturated carbocycles. The van der Waals surface area contributed by atoms with Crippen molar-refractivity contribution in [3.8, 4) is 5.75 Å². The van der Waals surface area contributed by atoms with Crippen molar-refractivity contribution < 1.29 is 4.74 Å². The lowest BCUT2D eigenvalue weighted by Gasteiger charge is -2.30. The number of aryl methyl sites for hydroxylation is 2. The van der Waals surface area contributed by atoms with Crippen LogP contribution in [0.2, 0.25) is 0 Å². The molecule has 0 spiro atoms. The predicted molar refractivity (Wildman–Crippen MR) is 81.6 cm³/mol. The number of rotatable bonds is 6. The second kappa shape index (κ2) is 6.92. The van der Waals surface area contributed by atoms with Crippen LogP contribution in [-0.2, 0) is 6.54 Å². The molecule has 108 valence electrons. The highest BCUT2D eigenvalue weighted by molar-refractivity contribution is 5.43. The largest absolute Gasteiger partial charge is 0.496 e. The summed E-state index contributed by atoms with van der Waals surface area (Å²) in [6.07, 6.45) is 0. The molecule has 2 N–H and O–H groups in total. The van der Waals surface area contributed by atoms with Gasteiger partial charge in [-0.2, -0.15) is 0 Å². The van der Waals surface area contributed by atoms with E-state index in [1.165, 1.54) is 16.7 Å². The molecule has 1 atom stereocenters.